The molecule has 3 aliphatic rings. The summed E-state index contributed by atoms with van der Waals surface area (Å²) < 4.78 is 90.2. The van der Waals surface area contributed by atoms with Gasteiger partial charge in [0.1, 0.15) is 47.9 Å². The number of fused-ring (bicyclic) bond motifs is 3. The lowest BCUT2D eigenvalue weighted by Crippen LogP contribution is -2.49. The molecular formula is C43H43F5N8O5. The topological polar surface area (TPSA) is 139 Å². The Morgan fingerprint density at radius 3 is 2.56 bits per heavy atom. The minimum atomic E-state index is -4.65. The second-order valence-corrected chi connectivity index (χ2v) is 16.5. The zero-order chi connectivity index (χ0) is 43.3. The second-order valence-electron chi connectivity index (χ2n) is 16.5. The Balaban J connectivity index is 1.18. The summed E-state index contributed by atoms with van der Waals surface area (Å²) in [6.45, 7) is 6.71. The summed E-state index contributed by atoms with van der Waals surface area (Å²) in [5.41, 5.74) is -3.02. The average Bonchev–Trinajstić information content (AvgIpc) is 3.67. The van der Waals surface area contributed by atoms with E-state index >= 15 is 8.78 Å². The number of rotatable bonds is 8. The zero-order valence-corrected chi connectivity index (χ0v) is 33.7. The van der Waals surface area contributed by atoms with E-state index in [0.717, 1.165) is 31.7 Å². The lowest BCUT2D eigenvalue weighted by Gasteiger charge is -2.36. The van der Waals surface area contributed by atoms with Crippen LogP contribution in [0.5, 0.6) is 17.6 Å². The molecule has 3 aromatic heterocycles. The minimum absolute atomic E-state index is 0.0333. The van der Waals surface area contributed by atoms with E-state index in [0.29, 0.717) is 44.2 Å². The Labute approximate surface area is 347 Å². The van der Waals surface area contributed by atoms with Crippen molar-refractivity contribution in [2.75, 3.05) is 37.9 Å². The number of terminal acetylenes is 1. The highest BCUT2D eigenvalue weighted by molar-refractivity contribution is 6.03. The lowest BCUT2D eigenvalue weighted by atomic mass is 9.95. The molecule has 18 heteroatoms. The molecule has 0 aliphatic carbocycles. The number of benzene rings is 2. The number of phenols is 1. The van der Waals surface area contributed by atoms with Gasteiger partial charge in [-0.1, -0.05) is 12.0 Å². The molecule has 320 valence electrons. The number of aromatic nitrogens is 5. The van der Waals surface area contributed by atoms with Crippen molar-refractivity contribution in [2.45, 2.75) is 89.1 Å². The van der Waals surface area contributed by atoms with Crippen LogP contribution in [0.15, 0.2) is 42.9 Å². The molecule has 1 N–H and O–H groups in total. The first-order chi connectivity index (χ1) is 29.0. The summed E-state index contributed by atoms with van der Waals surface area (Å²) in [4.78, 5) is 37.0. The third-order valence-electron chi connectivity index (χ3n) is 11.3. The van der Waals surface area contributed by atoms with E-state index in [-0.39, 0.29) is 82.4 Å². The monoisotopic (exact) mass is 846 g/mol. The van der Waals surface area contributed by atoms with Crippen LogP contribution in [-0.2, 0) is 10.9 Å². The fourth-order valence-corrected chi connectivity index (χ4v) is 8.63. The molecule has 0 saturated carbocycles. The maximum Gasteiger partial charge on any atom is 0.433 e. The normalized spacial score (nSPS) is 19.8. The first-order valence-corrected chi connectivity index (χ1v) is 20.0. The van der Waals surface area contributed by atoms with E-state index < -0.39 is 40.7 Å². The molecule has 6 heterocycles. The number of pyridine rings is 1. The van der Waals surface area contributed by atoms with Crippen molar-refractivity contribution in [3.63, 3.8) is 0 Å². The number of amides is 1. The van der Waals surface area contributed by atoms with Crippen molar-refractivity contribution in [2.24, 2.45) is 0 Å². The molecule has 3 aliphatic heterocycles. The number of ether oxygens (including phenoxy) is 3. The van der Waals surface area contributed by atoms with Gasteiger partial charge in [-0.15, -0.1) is 6.42 Å². The second kappa shape index (κ2) is 16.1. The van der Waals surface area contributed by atoms with E-state index in [4.69, 9.17) is 25.6 Å². The maximum absolute atomic E-state index is 17.3. The minimum Gasteiger partial charge on any atom is -0.508 e. The van der Waals surface area contributed by atoms with Crippen molar-refractivity contribution in [1.82, 2.24) is 34.8 Å². The highest BCUT2D eigenvalue weighted by Gasteiger charge is 2.50. The molecule has 5 aromatic rings. The summed E-state index contributed by atoms with van der Waals surface area (Å²) in [5.74, 6) is 0.433. The molecule has 2 aromatic carbocycles. The van der Waals surface area contributed by atoms with Gasteiger partial charge in [0, 0.05) is 42.3 Å². The van der Waals surface area contributed by atoms with Crippen LogP contribution >= 0.6 is 0 Å². The van der Waals surface area contributed by atoms with E-state index in [9.17, 15) is 23.1 Å². The number of hydrogen-bond acceptors (Lipinski definition) is 12. The smallest absolute Gasteiger partial charge is 0.433 e. The summed E-state index contributed by atoms with van der Waals surface area (Å²) in [6.07, 6.45) is 7.64. The third kappa shape index (κ3) is 8.22. The van der Waals surface area contributed by atoms with Crippen molar-refractivity contribution in [3.8, 4) is 41.2 Å². The number of phenolic OH excluding ortho intramolecular Hbond substituents is 1. The van der Waals surface area contributed by atoms with Crippen molar-refractivity contribution < 1.29 is 46.1 Å². The van der Waals surface area contributed by atoms with Crippen LogP contribution in [-0.4, -0.2) is 96.1 Å². The van der Waals surface area contributed by atoms with Crippen LogP contribution < -0.4 is 14.5 Å². The molecule has 2 unspecified atom stereocenters. The standard InChI is InChI=1S/C43H43F5N8O5/c1-5-28-31(44)11-10-25-18-27(57)19-29(34(25)28)36-35(45)37-30(21-49-36)38(55-16-7-6-8-17-56(55)40(58)61-41(2,3)4)53-39(52-37)60-23-42-13-9-15-54(42)26(12-14-42)22-59-33-20-32(43(46,47)48)50-24-51-33/h1,10-11,18-21,24,26,57H,6-9,12-17,22-23H2,2-4H3. The number of nitrogens with zero attached hydrogens (tertiary/aromatic N) is 8. The van der Waals surface area contributed by atoms with Crippen LogP contribution in [0, 0.1) is 24.0 Å². The fourth-order valence-electron chi connectivity index (χ4n) is 8.63. The van der Waals surface area contributed by atoms with E-state index in [2.05, 4.69) is 30.8 Å². The van der Waals surface area contributed by atoms with Crippen molar-refractivity contribution in [1.29, 1.82) is 0 Å². The maximum atomic E-state index is 17.3. The highest BCUT2D eigenvalue weighted by Crippen LogP contribution is 2.44. The van der Waals surface area contributed by atoms with E-state index in [1.54, 1.807) is 25.8 Å². The summed E-state index contributed by atoms with van der Waals surface area (Å²) >= 11 is 0. The number of anilines is 1. The molecule has 0 bridgehead atoms. The van der Waals surface area contributed by atoms with Gasteiger partial charge in [0.05, 0.1) is 16.5 Å². The molecule has 3 fully saturated rings. The van der Waals surface area contributed by atoms with Gasteiger partial charge in [-0.2, -0.15) is 23.1 Å². The van der Waals surface area contributed by atoms with Crippen molar-refractivity contribution in [3.05, 3.63) is 65.7 Å². The lowest BCUT2D eigenvalue weighted by molar-refractivity contribution is -0.141. The number of carbonyl (C=O) groups excluding carboxylic acids is 1. The largest absolute Gasteiger partial charge is 0.508 e. The van der Waals surface area contributed by atoms with Crippen molar-refractivity contribution >= 4 is 33.6 Å². The van der Waals surface area contributed by atoms with Gasteiger partial charge >= 0.3 is 18.3 Å². The van der Waals surface area contributed by atoms with Gasteiger partial charge in [-0.25, -0.2) is 28.6 Å². The zero-order valence-electron chi connectivity index (χ0n) is 33.7. The number of halogens is 5. The Hall–Kier alpha value is -6.09. The first-order valence-electron chi connectivity index (χ1n) is 20.0. The number of carbonyl (C=O) groups is 1. The Morgan fingerprint density at radius 1 is 0.984 bits per heavy atom. The molecular weight excluding hydrogens is 804 g/mol. The van der Waals surface area contributed by atoms with Crippen LogP contribution in [0.25, 0.3) is 32.9 Å². The summed E-state index contributed by atoms with van der Waals surface area (Å²) in [5, 5.41) is 14.4. The van der Waals surface area contributed by atoms with Gasteiger partial charge in [0.2, 0.25) is 5.88 Å². The molecule has 61 heavy (non-hydrogen) atoms. The Bertz CT molecular complexity index is 2550. The molecule has 1 amide bonds. The first kappa shape index (κ1) is 41.6. The third-order valence-corrected chi connectivity index (χ3v) is 11.3. The average molecular weight is 847 g/mol. The van der Waals surface area contributed by atoms with E-state index in [1.165, 1.54) is 35.5 Å². The molecule has 3 saturated heterocycles. The predicted molar refractivity (Wildman–Crippen MR) is 214 cm³/mol. The van der Waals surface area contributed by atoms with Crippen LogP contribution in [0.4, 0.5) is 32.6 Å². The molecule has 13 nitrogen and oxygen atoms in total. The Kier molecular flexibility index (Phi) is 11.0. The quantitative estimate of drug-likeness (QED) is 0.119. The molecule has 8 rings (SSSR count). The van der Waals surface area contributed by atoms with Gasteiger partial charge in [-0.05, 0) is 95.8 Å². The molecule has 0 spiro atoms. The number of aromatic hydroxyl groups is 1. The fraction of sp³-hybridized carbons (Fsp3) is 0.442. The summed E-state index contributed by atoms with van der Waals surface area (Å²) in [6, 6.07) is 5.66. The van der Waals surface area contributed by atoms with Gasteiger partial charge < -0.3 is 19.3 Å². The van der Waals surface area contributed by atoms with Crippen LogP contribution in [0.3, 0.4) is 0 Å². The summed E-state index contributed by atoms with van der Waals surface area (Å²) in [7, 11) is 0. The highest BCUT2D eigenvalue weighted by atomic mass is 19.4. The van der Waals surface area contributed by atoms with E-state index in [1.807, 2.05) is 0 Å². The predicted octanol–water partition coefficient (Wildman–Crippen LogP) is 8.22. The number of hydrazine groups is 1. The van der Waals surface area contributed by atoms with Gasteiger partial charge in [0.25, 0.3) is 0 Å². The van der Waals surface area contributed by atoms with Crippen LogP contribution in [0.2, 0.25) is 0 Å². The number of alkyl halides is 3. The molecule has 2 atom stereocenters. The number of hydrogen-bond donors (Lipinski definition) is 1. The van der Waals surface area contributed by atoms with Crippen LogP contribution in [0.1, 0.15) is 77.0 Å². The SMILES string of the molecule is C#Cc1c(F)ccc2cc(O)cc(-c3ncc4c(N5CCCCCN5C(=O)OC(C)(C)C)nc(OCC56CCCN5C(COc5cc(C(F)(F)F)ncn5)CC6)nc4c3F)c12. The van der Waals surface area contributed by atoms with Gasteiger partial charge in [0.15, 0.2) is 17.3 Å². The van der Waals surface area contributed by atoms with Gasteiger partial charge in [-0.3, -0.25) is 14.9 Å². The Morgan fingerprint density at radius 2 is 1.79 bits per heavy atom. The molecule has 0 radical (unpaired) electrons.